The average molecular weight is 357 g/mol. The molecule has 0 aliphatic rings. The van der Waals surface area contributed by atoms with Gasteiger partial charge in [-0.2, -0.15) is 13.2 Å². The van der Waals surface area contributed by atoms with E-state index < -0.39 is 17.3 Å². The molecule has 1 unspecified atom stereocenters. The van der Waals surface area contributed by atoms with Gasteiger partial charge < -0.3 is 15.2 Å². The van der Waals surface area contributed by atoms with Crippen LogP contribution in [0.4, 0.5) is 19.0 Å². The van der Waals surface area contributed by atoms with Crippen LogP contribution in [0.3, 0.4) is 0 Å². The molecule has 2 N–H and O–H groups in total. The second-order valence-corrected chi connectivity index (χ2v) is 5.56. The van der Waals surface area contributed by atoms with Gasteiger partial charge in [0.1, 0.15) is 5.82 Å². The standard InChI is InChI=1S/C12H16BrF3N2O2/c1-11(19,3-4-20-2)7-18-10-9(12(14,15)16)5-8(13)6-17-10/h5-6,19H,3-4,7H2,1-2H3,(H,17,18). The molecule has 0 aliphatic heterocycles. The summed E-state index contributed by atoms with van der Waals surface area (Å²) in [6.45, 7) is 1.77. The van der Waals surface area contributed by atoms with E-state index in [1.807, 2.05) is 0 Å². The van der Waals surface area contributed by atoms with Crippen molar-refractivity contribution >= 4 is 21.7 Å². The maximum atomic E-state index is 12.9. The molecule has 0 aliphatic carbocycles. The lowest BCUT2D eigenvalue weighted by Gasteiger charge is -2.24. The molecule has 20 heavy (non-hydrogen) atoms. The number of pyridine rings is 1. The van der Waals surface area contributed by atoms with E-state index in [2.05, 4.69) is 26.2 Å². The Bertz CT molecular complexity index is 453. The number of hydrogen-bond acceptors (Lipinski definition) is 4. The predicted molar refractivity (Wildman–Crippen MR) is 72.5 cm³/mol. The van der Waals surface area contributed by atoms with Crippen LogP contribution in [-0.4, -0.2) is 36.0 Å². The summed E-state index contributed by atoms with van der Waals surface area (Å²) < 4.78 is 43.7. The number of ether oxygens (including phenoxy) is 1. The van der Waals surface area contributed by atoms with Crippen molar-refractivity contribution in [2.75, 3.05) is 25.6 Å². The fraction of sp³-hybridized carbons (Fsp3) is 0.583. The first-order chi connectivity index (χ1) is 9.15. The third kappa shape index (κ3) is 5.26. The van der Waals surface area contributed by atoms with Gasteiger partial charge in [-0.3, -0.25) is 0 Å². The third-order valence-electron chi connectivity index (χ3n) is 2.64. The summed E-state index contributed by atoms with van der Waals surface area (Å²) in [5.74, 6) is -0.307. The summed E-state index contributed by atoms with van der Waals surface area (Å²) in [5, 5.41) is 12.5. The Morgan fingerprint density at radius 1 is 1.45 bits per heavy atom. The van der Waals surface area contributed by atoms with Crippen molar-refractivity contribution in [3.05, 3.63) is 22.3 Å². The molecule has 0 saturated heterocycles. The van der Waals surface area contributed by atoms with Crippen LogP contribution in [-0.2, 0) is 10.9 Å². The molecule has 8 heteroatoms. The molecule has 0 amide bonds. The third-order valence-corrected chi connectivity index (χ3v) is 3.07. The molecule has 1 heterocycles. The minimum Gasteiger partial charge on any atom is -0.388 e. The maximum Gasteiger partial charge on any atom is 0.419 e. The van der Waals surface area contributed by atoms with Crippen molar-refractivity contribution in [3.63, 3.8) is 0 Å². The van der Waals surface area contributed by atoms with Crippen LogP contribution in [0.15, 0.2) is 16.7 Å². The number of alkyl halides is 3. The van der Waals surface area contributed by atoms with Gasteiger partial charge in [-0.1, -0.05) is 0 Å². The number of anilines is 1. The van der Waals surface area contributed by atoms with E-state index in [4.69, 9.17) is 4.74 Å². The largest absolute Gasteiger partial charge is 0.419 e. The topological polar surface area (TPSA) is 54.4 Å². The monoisotopic (exact) mass is 356 g/mol. The van der Waals surface area contributed by atoms with Crippen molar-refractivity contribution < 1.29 is 23.0 Å². The highest BCUT2D eigenvalue weighted by molar-refractivity contribution is 9.10. The second kappa shape index (κ2) is 6.73. The molecular formula is C12H16BrF3N2O2. The number of aromatic nitrogens is 1. The average Bonchev–Trinajstić information content (AvgIpc) is 2.34. The minimum atomic E-state index is -4.52. The van der Waals surface area contributed by atoms with Gasteiger partial charge in [-0.15, -0.1) is 0 Å². The van der Waals surface area contributed by atoms with Gasteiger partial charge >= 0.3 is 6.18 Å². The summed E-state index contributed by atoms with van der Waals surface area (Å²) in [7, 11) is 1.49. The first-order valence-corrected chi connectivity index (χ1v) is 6.63. The van der Waals surface area contributed by atoms with E-state index in [0.29, 0.717) is 13.0 Å². The number of aliphatic hydroxyl groups is 1. The van der Waals surface area contributed by atoms with Crippen LogP contribution in [0.25, 0.3) is 0 Å². The van der Waals surface area contributed by atoms with E-state index in [0.717, 1.165) is 6.07 Å². The zero-order valence-corrected chi connectivity index (χ0v) is 12.7. The summed E-state index contributed by atoms with van der Waals surface area (Å²) in [5.41, 5.74) is -2.07. The maximum absolute atomic E-state index is 12.9. The van der Waals surface area contributed by atoms with Gasteiger partial charge in [0.25, 0.3) is 0 Å². The zero-order valence-electron chi connectivity index (χ0n) is 11.1. The van der Waals surface area contributed by atoms with E-state index in [-0.39, 0.29) is 16.8 Å². The first kappa shape index (κ1) is 17.2. The number of methoxy groups -OCH3 is 1. The Kier molecular flexibility index (Phi) is 5.79. The quantitative estimate of drug-likeness (QED) is 0.822. The Balaban J connectivity index is 2.83. The summed E-state index contributed by atoms with van der Waals surface area (Å²) >= 11 is 2.96. The molecule has 114 valence electrons. The van der Waals surface area contributed by atoms with Gasteiger partial charge in [-0.25, -0.2) is 4.98 Å². The van der Waals surface area contributed by atoms with Gasteiger partial charge in [0.05, 0.1) is 11.2 Å². The fourth-order valence-electron chi connectivity index (χ4n) is 1.48. The second-order valence-electron chi connectivity index (χ2n) is 4.64. The molecule has 1 rings (SSSR count). The molecule has 0 aromatic carbocycles. The van der Waals surface area contributed by atoms with E-state index in [9.17, 15) is 18.3 Å². The fourth-order valence-corrected chi connectivity index (χ4v) is 1.81. The molecule has 1 aromatic heterocycles. The Labute approximate surface area is 123 Å². The molecular weight excluding hydrogens is 341 g/mol. The lowest BCUT2D eigenvalue weighted by molar-refractivity contribution is -0.137. The van der Waals surface area contributed by atoms with E-state index in [1.165, 1.54) is 20.2 Å². The van der Waals surface area contributed by atoms with E-state index in [1.54, 1.807) is 0 Å². The minimum absolute atomic E-state index is 0.0614. The molecule has 0 saturated carbocycles. The van der Waals surface area contributed by atoms with Crippen LogP contribution < -0.4 is 5.32 Å². The van der Waals surface area contributed by atoms with Gasteiger partial charge in [0.15, 0.2) is 0 Å². The molecule has 1 atom stereocenters. The van der Waals surface area contributed by atoms with Crippen molar-refractivity contribution in [1.82, 2.24) is 4.98 Å². The van der Waals surface area contributed by atoms with E-state index >= 15 is 0 Å². The van der Waals surface area contributed by atoms with Gasteiger partial charge in [0, 0.05) is 37.4 Å². The lowest BCUT2D eigenvalue weighted by atomic mass is 10.0. The zero-order chi connectivity index (χ0) is 15.4. The van der Waals surface area contributed by atoms with Crippen molar-refractivity contribution in [3.8, 4) is 0 Å². The normalized spacial score (nSPS) is 14.9. The molecule has 0 radical (unpaired) electrons. The molecule has 0 bridgehead atoms. The van der Waals surface area contributed by atoms with Crippen LogP contribution in [0.2, 0.25) is 0 Å². The number of nitrogens with one attached hydrogen (secondary N) is 1. The summed E-state index contributed by atoms with van der Waals surface area (Å²) in [6.07, 6.45) is -2.95. The van der Waals surface area contributed by atoms with Crippen LogP contribution in [0.1, 0.15) is 18.9 Å². The highest BCUT2D eigenvalue weighted by Gasteiger charge is 2.35. The number of hydrogen-bond donors (Lipinski definition) is 2. The molecule has 4 nitrogen and oxygen atoms in total. The number of nitrogens with zero attached hydrogens (tertiary/aromatic N) is 1. The predicted octanol–water partition coefficient (Wildman–Crippen LogP) is 3.06. The van der Waals surface area contributed by atoms with Crippen LogP contribution in [0.5, 0.6) is 0 Å². The van der Waals surface area contributed by atoms with Gasteiger partial charge in [-0.05, 0) is 28.9 Å². The summed E-state index contributed by atoms with van der Waals surface area (Å²) in [4.78, 5) is 3.71. The first-order valence-electron chi connectivity index (χ1n) is 5.83. The Morgan fingerprint density at radius 2 is 2.10 bits per heavy atom. The highest BCUT2D eigenvalue weighted by atomic mass is 79.9. The molecule has 0 spiro atoms. The number of rotatable bonds is 6. The van der Waals surface area contributed by atoms with Crippen LogP contribution in [0, 0.1) is 0 Å². The lowest BCUT2D eigenvalue weighted by Crippen LogP contribution is -2.35. The number of halogens is 4. The molecule has 1 aromatic rings. The summed E-state index contributed by atoms with van der Waals surface area (Å²) in [6, 6.07) is 0.944. The van der Waals surface area contributed by atoms with Crippen LogP contribution >= 0.6 is 15.9 Å². The Hall–Kier alpha value is -0.860. The van der Waals surface area contributed by atoms with Crippen molar-refractivity contribution in [2.45, 2.75) is 25.1 Å². The van der Waals surface area contributed by atoms with Crippen molar-refractivity contribution in [2.24, 2.45) is 0 Å². The smallest absolute Gasteiger partial charge is 0.388 e. The molecule has 0 fully saturated rings. The highest BCUT2D eigenvalue weighted by Crippen LogP contribution is 2.35. The van der Waals surface area contributed by atoms with Crippen molar-refractivity contribution in [1.29, 1.82) is 0 Å². The Morgan fingerprint density at radius 3 is 2.65 bits per heavy atom. The van der Waals surface area contributed by atoms with Gasteiger partial charge in [0.2, 0.25) is 0 Å². The SMILES string of the molecule is COCCC(C)(O)CNc1ncc(Br)cc1C(F)(F)F.